The average Bonchev–Trinajstić information content (AvgIpc) is 2.24. The number of hydrogen-bond acceptors (Lipinski definition) is 2. The fourth-order valence-corrected chi connectivity index (χ4v) is 2.22. The summed E-state index contributed by atoms with van der Waals surface area (Å²) in [5, 5.41) is 8.74. The molecule has 0 bridgehead atoms. The number of ether oxygens (including phenoxy) is 1. The molecule has 2 nitrogen and oxygen atoms in total. The number of aliphatic hydroxyl groups is 1. The molecule has 0 aromatic carbocycles. The number of rotatable bonds is 2. The van der Waals surface area contributed by atoms with Crippen LogP contribution in [0, 0.1) is 0 Å². The highest BCUT2D eigenvalue weighted by Crippen LogP contribution is 2.18. The second-order valence-corrected chi connectivity index (χ2v) is 4.32. The molecule has 1 rings (SSSR count). The normalized spacial score (nSPS) is 22.9. The SMILES string of the molecule is OCOC1CCCCCCCCCC1. The van der Waals surface area contributed by atoms with Crippen LogP contribution >= 0.6 is 0 Å². The van der Waals surface area contributed by atoms with Crippen molar-refractivity contribution in [3.8, 4) is 0 Å². The fraction of sp³-hybridized carbons (Fsp3) is 1.00. The van der Waals surface area contributed by atoms with E-state index in [9.17, 15) is 0 Å². The van der Waals surface area contributed by atoms with E-state index in [0.717, 1.165) is 12.8 Å². The lowest BCUT2D eigenvalue weighted by atomic mass is 10.1. The fourth-order valence-electron chi connectivity index (χ4n) is 2.22. The maximum Gasteiger partial charge on any atom is 0.143 e. The summed E-state index contributed by atoms with van der Waals surface area (Å²) in [6.45, 7) is -0.106. The van der Waals surface area contributed by atoms with Crippen LogP contribution in [-0.2, 0) is 4.74 Å². The van der Waals surface area contributed by atoms with Crippen LogP contribution in [0.2, 0.25) is 0 Å². The molecule has 0 radical (unpaired) electrons. The molecular weight excluding hydrogens is 176 g/mol. The molecule has 0 heterocycles. The average molecular weight is 200 g/mol. The van der Waals surface area contributed by atoms with Crippen LogP contribution in [0.3, 0.4) is 0 Å². The molecule has 0 spiro atoms. The zero-order chi connectivity index (χ0) is 10.1. The standard InChI is InChI=1S/C12H24O2/c13-11-14-12-9-7-5-3-1-2-4-6-8-10-12/h12-13H,1-11H2. The summed E-state index contributed by atoms with van der Waals surface area (Å²) >= 11 is 0. The minimum absolute atomic E-state index is 0.106. The van der Waals surface area contributed by atoms with Gasteiger partial charge in [0.25, 0.3) is 0 Å². The Hall–Kier alpha value is -0.0800. The molecule has 0 saturated heterocycles. The van der Waals surface area contributed by atoms with Crippen LogP contribution < -0.4 is 0 Å². The molecule has 2 heteroatoms. The van der Waals surface area contributed by atoms with Crippen molar-refractivity contribution >= 4 is 0 Å². The van der Waals surface area contributed by atoms with Crippen molar-refractivity contribution in [3.63, 3.8) is 0 Å². The molecule has 14 heavy (non-hydrogen) atoms. The monoisotopic (exact) mass is 200 g/mol. The predicted octanol–water partition coefficient (Wildman–Crippen LogP) is 3.24. The molecule has 1 aliphatic carbocycles. The molecule has 0 atom stereocenters. The number of aliphatic hydroxyl groups excluding tert-OH is 1. The minimum Gasteiger partial charge on any atom is -0.371 e. The lowest BCUT2D eigenvalue weighted by Gasteiger charge is -2.15. The minimum atomic E-state index is -0.106. The second-order valence-electron chi connectivity index (χ2n) is 4.32. The van der Waals surface area contributed by atoms with E-state index >= 15 is 0 Å². The Balaban J connectivity index is 2.20. The van der Waals surface area contributed by atoms with Crippen LogP contribution in [0.1, 0.15) is 64.2 Å². The Bertz CT molecular complexity index is 113. The van der Waals surface area contributed by atoms with Crippen LogP contribution in [0.25, 0.3) is 0 Å². The van der Waals surface area contributed by atoms with Gasteiger partial charge >= 0.3 is 0 Å². The van der Waals surface area contributed by atoms with Crippen LogP contribution in [0.4, 0.5) is 0 Å². The molecule has 0 aliphatic heterocycles. The summed E-state index contributed by atoms with van der Waals surface area (Å²) in [4.78, 5) is 0. The third-order valence-corrected chi connectivity index (χ3v) is 3.11. The summed E-state index contributed by atoms with van der Waals surface area (Å²) in [5.74, 6) is 0. The van der Waals surface area contributed by atoms with Gasteiger partial charge in [-0.3, -0.25) is 0 Å². The molecule has 84 valence electrons. The zero-order valence-corrected chi connectivity index (χ0v) is 9.21. The molecule has 1 N–H and O–H groups in total. The molecule has 1 fully saturated rings. The highest BCUT2D eigenvalue weighted by atomic mass is 16.6. The first kappa shape index (κ1) is 12.0. The van der Waals surface area contributed by atoms with Gasteiger partial charge in [-0.25, -0.2) is 0 Å². The van der Waals surface area contributed by atoms with Gasteiger partial charge in [0.05, 0.1) is 6.10 Å². The summed E-state index contributed by atoms with van der Waals surface area (Å²) < 4.78 is 5.31. The van der Waals surface area contributed by atoms with Crippen molar-refractivity contribution in [1.82, 2.24) is 0 Å². The van der Waals surface area contributed by atoms with Crippen molar-refractivity contribution in [2.24, 2.45) is 0 Å². The Morgan fingerprint density at radius 1 is 0.786 bits per heavy atom. The van der Waals surface area contributed by atoms with Gasteiger partial charge in [0, 0.05) is 0 Å². The van der Waals surface area contributed by atoms with Crippen molar-refractivity contribution < 1.29 is 9.84 Å². The van der Waals surface area contributed by atoms with E-state index in [1.54, 1.807) is 0 Å². The van der Waals surface area contributed by atoms with Crippen LogP contribution in [-0.4, -0.2) is 18.0 Å². The molecule has 0 aromatic heterocycles. The van der Waals surface area contributed by atoms with Gasteiger partial charge in [-0.2, -0.15) is 0 Å². The van der Waals surface area contributed by atoms with E-state index in [1.165, 1.54) is 51.4 Å². The summed E-state index contributed by atoms with van der Waals surface area (Å²) in [6, 6.07) is 0. The quantitative estimate of drug-likeness (QED) is 0.693. The number of hydrogen-bond donors (Lipinski definition) is 1. The van der Waals surface area contributed by atoms with Crippen molar-refractivity contribution in [2.75, 3.05) is 6.79 Å². The first-order chi connectivity index (χ1) is 6.93. The molecule has 1 aliphatic rings. The molecule has 0 aromatic rings. The Kier molecular flexibility index (Phi) is 7.06. The largest absolute Gasteiger partial charge is 0.371 e. The van der Waals surface area contributed by atoms with E-state index in [0.29, 0.717) is 6.10 Å². The van der Waals surface area contributed by atoms with Gasteiger partial charge in [-0.1, -0.05) is 51.4 Å². The Morgan fingerprint density at radius 2 is 1.21 bits per heavy atom. The molecule has 0 amide bonds. The van der Waals surface area contributed by atoms with Crippen LogP contribution in [0.15, 0.2) is 0 Å². The second kappa shape index (κ2) is 8.25. The molecule has 1 saturated carbocycles. The molecular formula is C12H24O2. The van der Waals surface area contributed by atoms with Crippen LogP contribution in [0.5, 0.6) is 0 Å². The lowest BCUT2D eigenvalue weighted by molar-refractivity contribution is -0.0571. The summed E-state index contributed by atoms with van der Waals surface area (Å²) in [7, 11) is 0. The van der Waals surface area contributed by atoms with Gasteiger partial charge in [-0.15, -0.1) is 0 Å². The molecule has 0 unspecified atom stereocenters. The summed E-state index contributed by atoms with van der Waals surface area (Å²) in [6.07, 6.45) is 13.4. The zero-order valence-electron chi connectivity index (χ0n) is 9.21. The van der Waals surface area contributed by atoms with E-state index < -0.39 is 0 Å². The van der Waals surface area contributed by atoms with E-state index in [4.69, 9.17) is 9.84 Å². The van der Waals surface area contributed by atoms with Gasteiger partial charge in [0.2, 0.25) is 0 Å². The predicted molar refractivity (Wildman–Crippen MR) is 58.1 cm³/mol. The first-order valence-electron chi connectivity index (χ1n) is 6.16. The highest BCUT2D eigenvalue weighted by molar-refractivity contribution is 4.60. The first-order valence-corrected chi connectivity index (χ1v) is 6.16. The van der Waals surface area contributed by atoms with E-state index in [2.05, 4.69) is 0 Å². The maximum atomic E-state index is 8.74. The lowest BCUT2D eigenvalue weighted by Crippen LogP contribution is -2.13. The third-order valence-electron chi connectivity index (χ3n) is 3.11. The highest BCUT2D eigenvalue weighted by Gasteiger charge is 2.09. The third kappa shape index (κ3) is 5.61. The van der Waals surface area contributed by atoms with Crippen molar-refractivity contribution in [2.45, 2.75) is 70.3 Å². The summed E-state index contributed by atoms with van der Waals surface area (Å²) in [5.41, 5.74) is 0. The van der Waals surface area contributed by atoms with Gasteiger partial charge in [0.1, 0.15) is 6.79 Å². The Morgan fingerprint density at radius 3 is 1.64 bits per heavy atom. The van der Waals surface area contributed by atoms with E-state index in [-0.39, 0.29) is 6.79 Å². The van der Waals surface area contributed by atoms with Crippen molar-refractivity contribution in [3.05, 3.63) is 0 Å². The van der Waals surface area contributed by atoms with Crippen molar-refractivity contribution in [1.29, 1.82) is 0 Å². The van der Waals surface area contributed by atoms with Gasteiger partial charge in [0.15, 0.2) is 0 Å². The van der Waals surface area contributed by atoms with Gasteiger partial charge < -0.3 is 9.84 Å². The topological polar surface area (TPSA) is 29.5 Å². The smallest absolute Gasteiger partial charge is 0.143 e. The maximum absolute atomic E-state index is 8.74. The Labute approximate surface area is 87.7 Å². The van der Waals surface area contributed by atoms with E-state index in [1.807, 2.05) is 0 Å². The van der Waals surface area contributed by atoms with Gasteiger partial charge in [-0.05, 0) is 12.8 Å².